The van der Waals surface area contributed by atoms with Crippen molar-refractivity contribution in [3.8, 4) is 0 Å². The first-order valence-corrected chi connectivity index (χ1v) is 7.50. The Labute approximate surface area is 130 Å². The molecule has 0 aliphatic heterocycles. The summed E-state index contributed by atoms with van der Waals surface area (Å²) in [6.07, 6.45) is 1.02. The molecule has 0 heterocycles. The Morgan fingerprint density at radius 1 is 1.05 bits per heavy atom. The molecule has 1 fully saturated rings. The van der Waals surface area contributed by atoms with Gasteiger partial charge in [0.2, 0.25) is 0 Å². The van der Waals surface area contributed by atoms with Crippen LogP contribution in [-0.4, -0.2) is 18.2 Å². The number of hydrogen-bond acceptors (Lipinski definition) is 3. The number of carbonyl (C=O) groups is 1. The Kier molecular flexibility index (Phi) is 4.11. The van der Waals surface area contributed by atoms with Crippen LogP contribution >= 0.6 is 0 Å². The number of nitrogens with two attached hydrogens (primary N) is 1. The van der Waals surface area contributed by atoms with Gasteiger partial charge >= 0.3 is 6.09 Å². The number of amides is 1. The van der Waals surface area contributed by atoms with Crippen LogP contribution in [0.4, 0.5) is 4.79 Å². The molecule has 1 saturated carbocycles. The predicted molar refractivity (Wildman–Crippen MR) is 85.4 cm³/mol. The molecule has 4 heteroatoms. The van der Waals surface area contributed by atoms with Gasteiger partial charge in [-0.25, -0.2) is 4.79 Å². The van der Waals surface area contributed by atoms with Crippen LogP contribution in [-0.2, 0) is 4.74 Å². The third-order valence-corrected chi connectivity index (χ3v) is 4.02. The average molecular weight is 296 g/mol. The molecular formula is C18H20N2O2. The van der Waals surface area contributed by atoms with Gasteiger partial charge in [0.05, 0.1) is 6.04 Å². The van der Waals surface area contributed by atoms with Gasteiger partial charge in [-0.1, -0.05) is 60.7 Å². The van der Waals surface area contributed by atoms with E-state index in [1.165, 1.54) is 11.1 Å². The largest absolute Gasteiger partial charge is 0.442 e. The van der Waals surface area contributed by atoms with Crippen LogP contribution in [0.25, 0.3) is 0 Å². The number of nitrogens with one attached hydrogen (secondary N) is 1. The van der Waals surface area contributed by atoms with Crippen LogP contribution in [0.5, 0.6) is 0 Å². The van der Waals surface area contributed by atoms with Crippen LogP contribution in [0.1, 0.15) is 30.0 Å². The molecule has 0 aromatic heterocycles. The normalized spacial score (nSPS) is 15.5. The van der Waals surface area contributed by atoms with Crippen molar-refractivity contribution in [2.75, 3.05) is 6.54 Å². The van der Waals surface area contributed by atoms with Crippen LogP contribution in [0, 0.1) is 0 Å². The number of primary amides is 1. The van der Waals surface area contributed by atoms with Gasteiger partial charge in [-0.3, -0.25) is 0 Å². The highest BCUT2D eigenvalue weighted by atomic mass is 16.6. The lowest BCUT2D eigenvalue weighted by Gasteiger charge is -2.23. The summed E-state index contributed by atoms with van der Waals surface area (Å²) < 4.78 is 5.25. The monoisotopic (exact) mass is 296 g/mol. The maximum absolute atomic E-state index is 11.0. The minimum atomic E-state index is -0.699. The fourth-order valence-electron chi connectivity index (χ4n) is 2.67. The summed E-state index contributed by atoms with van der Waals surface area (Å²) in [5.74, 6) is 0. The van der Waals surface area contributed by atoms with Gasteiger partial charge in [0.25, 0.3) is 0 Å². The molecule has 2 aromatic rings. The molecule has 22 heavy (non-hydrogen) atoms. The third-order valence-electron chi connectivity index (χ3n) is 4.02. The van der Waals surface area contributed by atoms with Crippen LogP contribution in [0.2, 0.25) is 0 Å². The maximum Gasteiger partial charge on any atom is 0.405 e. The topological polar surface area (TPSA) is 64.4 Å². The second-order valence-corrected chi connectivity index (χ2v) is 5.74. The minimum Gasteiger partial charge on any atom is -0.442 e. The van der Waals surface area contributed by atoms with Crippen LogP contribution in [0.15, 0.2) is 60.7 Å². The van der Waals surface area contributed by atoms with Gasteiger partial charge in [0, 0.05) is 6.54 Å². The quantitative estimate of drug-likeness (QED) is 0.861. The lowest BCUT2D eigenvalue weighted by molar-refractivity contribution is 0.0890. The van der Waals surface area contributed by atoms with Crippen molar-refractivity contribution < 1.29 is 9.53 Å². The minimum absolute atomic E-state index is 0.0661. The van der Waals surface area contributed by atoms with Crippen molar-refractivity contribution in [1.82, 2.24) is 5.32 Å². The number of ether oxygens (including phenoxy) is 1. The van der Waals surface area contributed by atoms with Gasteiger partial charge in [-0.05, 0) is 24.0 Å². The summed E-state index contributed by atoms with van der Waals surface area (Å²) in [5.41, 5.74) is 7.10. The molecule has 0 bridgehead atoms. The van der Waals surface area contributed by atoms with Crippen molar-refractivity contribution in [2.45, 2.75) is 24.5 Å². The molecule has 1 aliphatic carbocycles. The second-order valence-electron chi connectivity index (χ2n) is 5.74. The summed E-state index contributed by atoms with van der Waals surface area (Å²) in [4.78, 5) is 11.0. The highest BCUT2D eigenvalue weighted by Crippen LogP contribution is 2.39. The molecule has 0 unspecified atom stereocenters. The first-order valence-electron chi connectivity index (χ1n) is 7.50. The zero-order chi connectivity index (χ0) is 15.4. The molecule has 4 nitrogen and oxygen atoms in total. The molecule has 1 aliphatic rings. The summed E-state index contributed by atoms with van der Waals surface area (Å²) in [5, 5.41) is 3.53. The van der Waals surface area contributed by atoms with E-state index >= 15 is 0 Å². The Hall–Kier alpha value is -2.33. The van der Waals surface area contributed by atoms with Crippen molar-refractivity contribution in [3.05, 3.63) is 71.8 Å². The summed E-state index contributed by atoms with van der Waals surface area (Å²) in [7, 11) is 0. The summed E-state index contributed by atoms with van der Waals surface area (Å²) >= 11 is 0. The fourth-order valence-corrected chi connectivity index (χ4v) is 2.67. The van der Waals surface area contributed by atoms with Crippen molar-refractivity contribution in [1.29, 1.82) is 0 Å². The maximum atomic E-state index is 11.0. The summed E-state index contributed by atoms with van der Waals surface area (Å²) in [6.45, 7) is 0.602. The molecule has 3 rings (SSSR count). The lowest BCUT2D eigenvalue weighted by Crippen LogP contribution is -2.36. The molecule has 0 radical (unpaired) electrons. The SMILES string of the molecule is NC(=O)OC1(CNC(c2ccccc2)c2ccccc2)CC1. The van der Waals surface area contributed by atoms with E-state index in [-0.39, 0.29) is 6.04 Å². The van der Waals surface area contributed by atoms with Crippen molar-refractivity contribution >= 4 is 6.09 Å². The van der Waals surface area contributed by atoms with Gasteiger partial charge < -0.3 is 15.8 Å². The molecule has 0 atom stereocenters. The molecule has 0 spiro atoms. The zero-order valence-corrected chi connectivity index (χ0v) is 12.4. The number of rotatable bonds is 6. The predicted octanol–water partition coefficient (Wildman–Crippen LogP) is 2.99. The van der Waals surface area contributed by atoms with Gasteiger partial charge in [0.1, 0.15) is 5.60 Å². The van der Waals surface area contributed by atoms with Gasteiger partial charge in [0.15, 0.2) is 0 Å². The molecule has 0 saturated heterocycles. The van der Waals surface area contributed by atoms with E-state index in [4.69, 9.17) is 10.5 Å². The Morgan fingerprint density at radius 3 is 1.95 bits per heavy atom. The van der Waals surface area contributed by atoms with E-state index in [0.717, 1.165) is 12.8 Å². The van der Waals surface area contributed by atoms with E-state index in [9.17, 15) is 4.79 Å². The Morgan fingerprint density at radius 2 is 1.55 bits per heavy atom. The molecule has 114 valence electrons. The van der Waals surface area contributed by atoms with Crippen LogP contribution < -0.4 is 11.1 Å². The number of benzene rings is 2. The molecule has 1 amide bonds. The second kappa shape index (κ2) is 6.20. The lowest BCUT2D eigenvalue weighted by atomic mass is 9.98. The molecule has 3 N–H and O–H groups in total. The third kappa shape index (κ3) is 3.46. The fraction of sp³-hybridized carbons (Fsp3) is 0.278. The van der Waals surface area contributed by atoms with E-state index in [0.29, 0.717) is 6.54 Å². The van der Waals surface area contributed by atoms with Crippen molar-refractivity contribution in [3.63, 3.8) is 0 Å². The first kappa shape index (κ1) is 14.6. The highest BCUT2D eigenvalue weighted by Gasteiger charge is 2.46. The number of hydrogen-bond donors (Lipinski definition) is 2. The Bertz CT molecular complexity index is 585. The zero-order valence-electron chi connectivity index (χ0n) is 12.4. The van der Waals surface area contributed by atoms with E-state index in [1.807, 2.05) is 36.4 Å². The van der Waals surface area contributed by atoms with E-state index < -0.39 is 11.7 Å². The molecule has 2 aromatic carbocycles. The van der Waals surface area contributed by atoms with Crippen LogP contribution in [0.3, 0.4) is 0 Å². The number of carbonyl (C=O) groups excluding carboxylic acids is 1. The first-order chi connectivity index (χ1) is 10.7. The standard InChI is InChI=1S/C18H20N2O2/c19-17(21)22-18(11-12-18)13-20-16(14-7-3-1-4-8-14)15-9-5-2-6-10-15/h1-10,16,20H,11-13H2,(H2,19,21). The molecular weight excluding hydrogens is 276 g/mol. The van der Waals surface area contributed by atoms with Crippen molar-refractivity contribution in [2.24, 2.45) is 5.73 Å². The highest BCUT2D eigenvalue weighted by molar-refractivity contribution is 5.65. The average Bonchev–Trinajstić information content (AvgIpc) is 3.28. The van der Waals surface area contributed by atoms with E-state index in [1.54, 1.807) is 0 Å². The summed E-state index contributed by atoms with van der Waals surface area (Å²) in [6, 6.07) is 20.6. The smallest absolute Gasteiger partial charge is 0.405 e. The van der Waals surface area contributed by atoms with Gasteiger partial charge in [-0.15, -0.1) is 0 Å². The van der Waals surface area contributed by atoms with Gasteiger partial charge in [-0.2, -0.15) is 0 Å². The van der Waals surface area contributed by atoms with E-state index in [2.05, 4.69) is 29.6 Å². The Balaban J connectivity index is 1.77.